The number of nitrogens with zero attached hydrogens (tertiary/aromatic N) is 2. The van der Waals surface area contributed by atoms with Crippen molar-refractivity contribution in [1.29, 1.82) is 0 Å². The van der Waals surface area contributed by atoms with Crippen LogP contribution in [-0.2, 0) is 9.53 Å². The summed E-state index contributed by atoms with van der Waals surface area (Å²) < 4.78 is 5.41. The highest BCUT2D eigenvalue weighted by Gasteiger charge is 2.46. The number of amides is 2. The van der Waals surface area contributed by atoms with E-state index in [-0.39, 0.29) is 36.0 Å². The second kappa shape index (κ2) is 5.70. The van der Waals surface area contributed by atoms with Crippen molar-refractivity contribution < 1.29 is 19.1 Å². The Balaban J connectivity index is 1.47. The second-order valence-corrected chi connectivity index (χ2v) is 6.74. The van der Waals surface area contributed by atoms with Crippen LogP contribution in [0.15, 0.2) is 24.3 Å². The predicted octanol–water partition coefficient (Wildman–Crippen LogP) is 1.45. The number of fused-ring (bicyclic) bond motifs is 2. The van der Waals surface area contributed by atoms with E-state index in [4.69, 9.17) is 4.74 Å². The van der Waals surface area contributed by atoms with Crippen LogP contribution in [0.1, 0.15) is 46.9 Å². The predicted molar refractivity (Wildman–Crippen MR) is 85.5 cm³/mol. The molecule has 0 saturated carbocycles. The Morgan fingerprint density at radius 2 is 1.79 bits per heavy atom. The Labute approximate surface area is 140 Å². The van der Waals surface area contributed by atoms with Crippen molar-refractivity contribution in [2.45, 2.75) is 44.4 Å². The third kappa shape index (κ3) is 2.33. The van der Waals surface area contributed by atoms with E-state index in [1.54, 1.807) is 24.3 Å². The lowest BCUT2D eigenvalue weighted by molar-refractivity contribution is -0.147. The molecule has 1 aromatic rings. The SMILES string of the molecule is CC(=O)O[C@H]1CCN2[C@H](CN3C(=O)c4ccccc4C3=O)CC[C@@H]12. The quantitative estimate of drug-likeness (QED) is 0.621. The standard InChI is InChI=1S/C18H20N2O4/c1-11(21)24-16-8-9-19-12(6-7-15(16)19)10-20-17(22)13-4-2-3-5-14(13)18(20)23/h2-5,12,15-16H,6-10H2,1H3/t12-,15-,16-/m0/s1. The first-order valence-corrected chi connectivity index (χ1v) is 8.44. The molecule has 0 N–H and O–H groups in total. The van der Waals surface area contributed by atoms with Crippen LogP contribution in [0.5, 0.6) is 0 Å². The summed E-state index contributed by atoms with van der Waals surface area (Å²) in [4.78, 5) is 39.9. The second-order valence-electron chi connectivity index (χ2n) is 6.74. The normalized spacial score (nSPS) is 29.0. The van der Waals surface area contributed by atoms with Gasteiger partial charge in [0.15, 0.2) is 0 Å². The molecule has 6 heteroatoms. The Kier molecular flexibility index (Phi) is 3.64. The van der Waals surface area contributed by atoms with Crippen LogP contribution in [0.25, 0.3) is 0 Å². The first-order chi connectivity index (χ1) is 11.6. The topological polar surface area (TPSA) is 66.9 Å². The van der Waals surface area contributed by atoms with Crippen molar-refractivity contribution >= 4 is 17.8 Å². The van der Waals surface area contributed by atoms with Crippen molar-refractivity contribution in [3.63, 3.8) is 0 Å². The number of esters is 1. The highest BCUT2D eigenvalue weighted by Crippen LogP contribution is 2.35. The molecule has 3 atom stereocenters. The Morgan fingerprint density at radius 3 is 2.42 bits per heavy atom. The average Bonchev–Trinajstić information content (AvgIpc) is 3.20. The van der Waals surface area contributed by atoms with Gasteiger partial charge in [-0.05, 0) is 31.4 Å². The molecule has 0 aliphatic carbocycles. The Morgan fingerprint density at radius 1 is 1.12 bits per heavy atom. The lowest BCUT2D eigenvalue weighted by Gasteiger charge is -2.27. The Hall–Kier alpha value is -2.21. The average molecular weight is 328 g/mol. The van der Waals surface area contributed by atoms with Crippen LogP contribution in [-0.4, -0.2) is 58.9 Å². The van der Waals surface area contributed by atoms with Gasteiger partial charge in [-0.25, -0.2) is 0 Å². The van der Waals surface area contributed by atoms with Crippen LogP contribution in [0, 0.1) is 0 Å². The number of hydrogen-bond donors (Lipinski definition) is 0. The van der Waals surface area contributed by atoms with E-state index < -0.39 is 0 Å². The zero-order valence-electron chi connectivity index (χ0n) is 13.6. The minimum Gasteiger partial charge on any atom is -0.461 e. The van der Waals surface area contributed by atoms with Crippen molar-refractivity contribution in [1.82, 2.24) is 9.80 Å². The van der Waals surface area contributed by atoms with E-state index in [1.165, 1.54) is 11.8 Å². The van der Waals surface area contributed by atoms with Gasteiger partial charge < -0.3 is 4.74 Å². The van der Waals surface area contributed by atoms with Crippen LogP contribution >= 0.6 is 0 Å². The molecule has 2 amide bonds. The minimum absolute atomic E-state index is 0.0605. The number of rotatable bonds is 3. The van der Waals surface area contributed by atoms with E-state index in [1.807, 2.05) is 0 Å². The fourth-order valence-corrected chi connectivity index (χ4v) is 4.34. The van der Waals surface area contributed by atoms with Gasteiger partial charge in [-0.2, -0.15) is 0 Å². The summed E-state index contributed by atoms with van der Waals surface area (Å²) in [6, 6.07) is 7.35. The summed E-state index contributed by atoms with van der Waals surface area (Å²) in [5.74, 6) is -0.643. The number of benzene rings is 1. The van der Waals surface area contributed by atoms with Gasteiger partial charge in [0.25, 0.3) is 11.8 Å². The van der Waals surface area contributed by atoms with Crippen molar-refractivity contribution in [3.05, 3.63) is 35.4 Å². The van der Waals surface area contributed by atoms with Gasteiger partial charge in [-0.3, -0.25) is 24.2 Å². The molecule has 3 aliphatic heterocycles. The lowest BCUT2D eigenvalue weighted by atomic mass is 10.1. The Bertz CT molecular complexity index is 682. The largest absolute Gasteiger partial charge is 0.461 e. The van der Waals surface area contributed by atoms with Crippen molar-refractivity contribution in [3.8, 4) is 0 Å². The maximum Gasteiger partial charge on any atom is 0.302 e. The van der Waals surface area contributed by atoms with E-state index in [9.17, 15) is 14.4 Å². The molecular formula is C18H20N2O4. The van der Waals surface area contributed by atoms with Crippen LogP contribution in [0.4, 0.5) is 0 Å². The molecule has 1 aromatic carbocycles. The highest BCUT2D eigenvalue weighted by atomic mass is 16.5. The summed E-state index contributed by atoms with van der Waals surface area (Å²) in [5, 5.41) is 0. The van der Waals surface area contributed by atoms with E-state index >= 15 is 0 Å². The molecule has 6 nitrogen and oxygen atoms in total. The van der Waals surface area contributed by atoms with E-state index in [0.29, 0.717) is 17.7 Å². The molecular weight excluding hydrogens is 308 g/mol. The summed E-state index contributed by atoms with van der Waals surface area (Å²) in [7, 11) is 0. The molecule has 4 rings (SSSR count). The summed E-state index contributed by atoms with van der Waals surface area (Å²) >= 11 is 0. The van der Waals surface area contributed by atoms with Crippen LogP contribution in [0.3, 0.4) is 0 Å². The fourth-order valence-electron chi connectivity index (χ4n) is 4.34. The summed E-state index contributed by atoms with van der Waals surface area (Å²) in [5.41, 5.74) is 0.993. The minimum atomic E-state index is -0.245. The first-order valence-electron chi connectivity index (χ1n) is 8.44. The molecule has 0 unspecified atom stereocenters. The van der Waals surface area contributed by atoms with E-state index in [2.05, 4.69) is 4.90 Å². The molecule has 2 fully saturated rings. The molecule has 3 heterocycles. The molecule has 0 bridgehead atoms. The van der Waals surface area contributed by atoms with Gasteiger partial charge in [0.1, 0.15) is 6.10 Å². The zero-order valence-corrected chi connectivity index (χ0v) is 13.6. The molecule has 0 radical (unpaired) electrons. The van der Waals surface area contributed by atoms with Crippen molar-refractivity contribution in [2.75, 3.05) is 13.1 Å². The summed E-state index contributed by atoms with van der Waals surface area (Å²) in [6.45, 7) is 2.69. The molecule has 0 spiro atoms. The van der Waals surface area contributed by atoms with Gasteiger partial charge in [-0.1, -0.05) is 12.1 Å². The molecule has 3 aliphatic rings. The van der Waals surface area contributed by atoms with Gasteiger partial charge in [-0.15, -0.1) is 0 Å². The molecule has 0 aromatic heterocycles. The number of carbonyl (C=O) groups is 3. The smallest absolute Gasteiger partial charge is 0.302 e. The molecule has 126 valence electrons. The maximum atomic E-state index is 12.5. The monoisotopic (exact) mass is 328 g/mol. The van der Waals surface area contributed by atoms with Gasteiger partial charge in [0.2, 0.25) is 0 Å². The molecule has 24 heavy (non-hydrogen) atoms. The lowest BCUT2D eigenvalue weighted by Crippen LogP contribution is -2.44. The molecule has 2 saturated heterocycles. The number of ether oxygens (including phenoxy) is 1. The first kappa shape index (κ1) is 15.3. The summed E-state index contributed by atoms with van der Waals surface area (Å²) in [6.07, 6.45) is 2.61. The number of carbonyl (C=O) groups excluding carboxylic acids is 3. The zero-order chi connectivity index (χ0) is 16.8. The van der Waals surface area contributed by atoms with E-state index in [0.717, 1.165) is 25.8 Å². The third-order valence-corrected chi connectivity index (χ3v) is 5.38. The van der Waals surface area contributed by atoms with Crippen LogP contribution < -0.4 is 0 Å². The van der Waals surface area contributed by atoms with Gasteiger partial charge in [0.05, 0.1) is 11.1 Å². The van der Waals surface area contributed by atoms with Gasteiger partial charge >= 0.3 is 5.97 Å². The maximum absolute atomic E-state index is 12.5. The third-order valence-electron chi connectivity index (χ3n) is 5.38. The number of hydrogen-bond acceptors (Lipinski definition) is 5. The highest BCUT2D eigenvalue weighted by molar-refractivity contribution is 6.21. The number of imide groups is 1. The van der Waals surface area contributed by atoms with Gasteiger partial charge in [0, 0.05) is 32.1 Å². The van der Waals surface area contributed by atoms with Crippen molar-refractivity contribution in [2.24, 2.45) is 0 Å². The van der Waals surface area contributed by atoms with Crippen LogP contribution in [0.2, 0.25) is 0 Å². The fraction of sp³-hybridized carbons (Fsp3) is 0.500.